The van der Waals surface area contributed by atoms with E-state index in [1.807, 2.05) is 29.6 Å². The summed E-state index contributed by atoms with van der Waals surface area (Å²) in [5, 5.41) is 10.2. The highest BCUT2D eigenvalue weighted by Crippen LogP contribution is 2.33. The molecule has 0 unspecified atom stereocenters. The molecule has 2 heterocycles. The van der Waals surface area contributed by atoms with Gasteiger partial charge in [0, 0.05) is 31.4 Å². The molecule has 1 N–H and O–H groups in total. The van der Waals surface area contributed by atoms with E-state index in [9.17, 15) is 4.79 Å². The predicted octanol–water partition coefficient (Wildman–Crippen LogP) is 3.03. The highest BCUT2D eigenvalue weighted by molar-refractivity contribution is 7.98. The van der Waals surface area contributed by atoms with Crippen molar-refractivity contribution in [3.63, 3.8) is 0 Å². The van der Waals surface area contributed by atoms with Crippen LogP contribution in [0.3, 0.4) is 0 Å². The van der Waals surface area contributed by atoms with Crippen molar-refractivity contribution < 1.29 is 9.47 Å². The number of thioether (sulfide) groups is 1. The zero-order valence-corrected chi connectivity index (χ0v) is 16.2. The Labute approximate surface area is 159 Å². The number of ether oxygens (including phenoxy) is 2. The van der Waals surface area contributed by atoms with Crippen LogP contribution in [-0.4, -0.2) is 40.6 Å². The van der Waals surface area contributed by atoms with Crippen molar-refractivity contribution in [1.29, 1.82) is 0 Å². The first-order chi connectivity index (χ1) is 12.7. The zero-order valence-electron chi connectivity index (χ0n) is 14.6. The monoisotopic (exact) mass is 392 g/mol. The summed E-state index contributed by atoms with van der Waals surface area (Å²) in [6, 6.07) is 7.83. The Morgan fingerprint density at radius 2 is 2.15 bits per heavy atom. The molecule has 3 rings (SSSR count). The molecule has 9 heteroatoms. The summed E-state index contributed by atoms with van der Waals surface area (Å²) < 4.78 is 12.1. The number of hydrogen-bond donors (Lipinski definition) is 1. The molecule has 0 saturated heterocycles. The lowest BCUT2D eigenvalue weighted by Gasteiger charge is -2.05. The van der Waals surface area contributed by atoms with Crippen molar-refractivity contribution in [2.24, 2.45) is 0 Å². The van der Waals surface area contributed by atoms with Gasteiger partial charge in [0.15, 0.2) is 5.16 Å². The molecule has 0 saturated carbocycles. The van der Waals surface area contributed by atoms with Crippen LogP contribution < -0.4 is 10.4 Å². The molecule has 0 amide bonds. The van der Waals surface area contributed by atoms with E-state index < -0.39 is 0 Å². The minimum Gasteiger partial charge on any atom is -0.496 e. The van der Waals surface area contributed by atoms with E-state index >= 15 is 0 Å². The zero-order chi connectivity index (χ0) is 18.4. The van der Waals surface area contributed by atoms with Crippen LogP contribution in [-0.2, 0) is 17.0 Å². The third-order valence-electron chi connectivity index (χ3n) is 3.69. The fourth-order valence-corrected chi connectivity index (χ4v) is 4.25. The third kappa shape index (κ3) is 4.35. The molecule has 2 aromatic heterocycles. The molecular formula is C17H20N4O3S2. The molecule has 138 valence electrons. The number of methoxy groups -OCH3 is 2. The number of para-hydroxylation sites is 1. The van der Waals surface area contributed by atoms with Crippen LogP contribution >= 0.6 is 23.1 Å². The van der Waals surface area contributed by atoms with Gasteiger partial charge in [0.2, 0.25) is 0 Å². The van der Waals surface area contributed by atoms with E-state index in [1.165, 1.54) is 11.8 Å². The Morgan fingerprint density at radius 1 is 1.31 bits per heavy atom. The van der Waals surface area contributed by atoms with E-state index in [4.69, 9.17) is 9.47 Å². The first-order valence-corrected chi connectivity index (χ1v) is 9.94. The Kier molecular flexibility index (Phi) is 6.48. The molecular weight excluding hydrogens is 372 g/mol. The summed E-state index contributed by atoms with van der Waals surface area (Å²) in [5.74, 6) is 1.44. The molecule has 3 aromatic rings. The van der Waals surface area contributed by atoms with Gasteiger partial charge in [-0.25, -0.2) is 14.9 Å². The minimum atomic E-state index is -0.198. The van der Waals surface area contributed by atoms with Crippen LogP contribution in [0.1, 0.15) is 12.1 Å². The number of hydrogen-bond acceptors (Lipinski definition) is 7. The first-order valence-electron chi connectivity index (χ1n) is 8.07. The second-order valence-electron chi connectivity index (χ2n) is 5.44. The van der Waals surface area contributed by atoms with Crippen molar-refractivity contribution in [1.82, 2.24) is 19.7 Å². The van der Waals surface area contributed by atoms with Crippen LogP contribution in [0.15, 0.2) is 39.6 Å². The summed E-state index contributed by atoms with van der Waals surface area (Å²) >= 11 is 3.07. The average Bonchev–Trinajstić information content (AvgIpc) is 3.27. The van der Waals surface area contributed by atoms with Crippen molar-refractivity contribution >= 4 is 23.1 Å². The lowest BCUT2D eigenvalue weighted by atomic mass is 10.2. The number of benzene rings is 1. The molecule has 1 aromatic carbocycles. The van der Waals surface area contributed by atoms with E-state index in [-0.39, 0.29) is 5.69 Å². The van der Waals surface area contributed by atoms with E-state index in [2.05, 4.69) is 15.2 Å². The number of rotatable bonds is 9. The van der Waals surface area contributed by atoms with Gasteiger partial charge in [0.1, 0.15) is 10.8 Å². The maximum absolute atomic E-state index is 11.9. The lowest BCUT2D eigenvalue weighted by Crippen LogP contribution is -2.18. The standard InChI is InChI=1S/C17H20N4O3S2/c1-23-9-5-8-21-16(22)19-20-17(21)26-11-12-10-25-15(18-12)13-6-3-4-7-14(13)24-2/h3-4,6-7,10H,5,8-9,11H2,1-2H3,(H,19,22). The summed E-state index contributed by atoms with van der Waals surface area (Å²) in [5.41, 5.74) is 1.73. The van der Waals surface area contributed by atoms with Crippen molar-refractivity contribution in [3.8, 4) is 16.3 Å². The Bertz CT molecular complexity index is 903. The Hall–Kier alpha value is -2.10. The van der Waals surface area contributed by atoms with Gasteiger partial charge >= 0.3 is 5.69 Å². The van der Waals surface area contributed by atoms with Gasteiger partial charge in [-0.1, -0.05) is 23.9 Å². The van der Waals surface area contributed by atoms with Crippen molar-refractivity contribution in [2.75, 3.05) is 20.8 Å². The largest absolute Gasteiger partial charge is 0.496 e. The molecule has 0 aliphatic rings. The molecule has 0 fully saturated rings. The lowest BCUT2D eigenvalue weighted by molar-refractivity contribution is 0.189. The summed E-state index contributed by atoms with van der Waals surface area (Å²) in [7, 11) is 3.30. The number of nitrogens with one attached hydrogen (secondary N) is 1. The van der Waals surface area contributed by atoms with Crippen molar-refractivity contribution in [2.45, 2.75) is 23.9 Å². The molecule has 0 spiro atoms. The van der Waals surface area contributed by atoms with Gasteiger partial charge in [0.05, 0.1) is 18.4 Å². The number of aromatic amines is 1. The number of H-pyrrole nitrogens is 1. The minimum absolute atomic E-state index is 0.198. The molecule has 0 atom stereocenters. The van der Waals surface area contributed by atoms with Gasteiger partial charge in [-0.3, -0.25) is 4.57 Å². The van der Waals surface area contributed by atoms with Gasteiger partial charge in [0.25, 0.3) is 0 Å². The van der Waals surface area contributed by atoms with Crippen LogP contribution in [0.2, 0.25) is 0 Å². The maximum atomic E-state index is 11.9. The molecule has 0 aliphatic heterocycles. The average molecular weight is 393 g/mol. The number of aromatic nitrogens is 4. The Balaban J connectivity index is 1.68. The van der Waals surface area contributed by atoms with E-state index in [0.29, 0.717) is 24.1 Å². The summed E-state index contributed by atoms with van der Waals surface area (Å²) in [6.45, 7) is 1.19. The maximum Gasteiger partial charge on any atom is 0.343 e. The molecule has 7 nitrogen and oxygen atoms in total. The van der Waals surface area contributed by atoms with E-state index in [1.54, 1.807) is 30.1 Å². The third-order valence-corrected chi connectivity index (χ3v) is 5.63. The van der Waals surface area contributed by atoms with Crippen LogP contribution in [0.5, 0.6) is 5.75 Å². The fraction of sp³-hybridized carbons (Fsp3) is 0.353. The molecule has 26 heavy (non-hydrogen) atoms. The summed E-state index contributed by atoms with van der Waals surface area (Å²) in [4.78, 5) is 16.6. The number of nitrogens with zero attached hydrogens (tertiary/aromatic N) is 3. The Morgan fingerprint density at radius 3 is 2.96 bits per heavy atom. The van der Waals surface area contributed by atoms with Gasteiger partial charge in [-0.15, -0.1) is 16.4 Å². The first kappa shape index (κ1) is 18.7. The topological polar surface area (TPSA) is 82.0 Å². The quantitative estimate of drug-likeness (QED) is 0.445. The summed E-state index contributed by atoms with van der Waals surface area (Å²) in [6.07, 6.45) is 0.762. The molecule has 0 radical (unpaired) electrons. The fourth-order valence-electron chi connectivity index (χ4n) is 2.43. The molecule has 0 aliphatic carbocycles. The highest BCUT2D eigenvalue weighted by Gasteiger charge is 2.12. The van der Waals surface area contributed by atoms with Crippen molar-refractivity contribution in [3.05, 3.63) is 45.8 Å². The normalized spacial score (nSPS) is 11.0. The smallest absolute Gasteiger partial charge is 0.343 e. The van der Waals surface area contributed by atoms with Gasteiger partial charge < -0.3 is 9.47 Å². The van der Waals surface area contributed by atoms with Crippen LogP contribution in [0.4, 0.5) is 0 Å². The highest BCUT2D eigenvalue weighted by atomic mass is 32.2. The van der Waals surface area contributed by atoms with E-state index in [0.717, 1.165) is 28.4 Å². The number of thiazole rings is 1. The second kappa shape index (κ2) is 9.02. The molecule has 0 bridgehead atoms. The SMILES string of the molecule is COCCCn1c(SCc2csc(-c3ccccc3OC)n2)n[nH]c1=O. The predicted molar refractivity (Wildman–Crippen MR) is 103 cm³/mol. The van der Waals surface area contributed by atoms with Gasteiger partial charge in [-0.05, 0) is 18.6 Å². The van der Waals surface area contributed by atoms with Crippen LogP contribution in [0, 0.1) is 0 Å². The van der Waals surface area contributed by atoms with Crippen LogP contribution in [0.25, 0.3) is 10.6 Å². The second-order valence-corrected chi connectivity index (χ2v) is 7.24. The van der Waals surface area contributed by atoms with Gasteiger partial charge in [-0.2, -0.15) is 0 Å².